The number of nitrogens with zero attached hydrogens (tertiary/aromatic N) is 3. The topological polar surface area (TPSA) is 59.4 Å². The third kappa shape index (κ3) is 4.19. The van der Waals surface area contributed by atoms with Gasteiger partial charge in [-0.3, -0.25) is 14.6 Å². The first-order chi connectivity index (χ1) is 13.6. The predicted molar refractivity (Wildman–Crippen MR) is 111 cm³/mol. The summed E-state index contributed by atoms with van der Waals surface area (Å²) in [6.07, 6.45) is 2.08. The first kappa shape index (κ1) is 18.9. The number of benzene rings is 2. The van der Waals surface area contributed by atoms with E-state index in [9.17, 15) is 10.1 Å². The van der Waals surface area contributed by atoms with E-state index in [-0.39, 0.29) is 5.91 Å². The molecule has 0 aromatic heterocycles. The molecule has 0 unspecified atom stereocenters. The third-order valence-corrected chi connectivity index (χ3v) is 6.13. The van der Waals surface area contributed by atoms with E-state index in [0.717, 1.165) is 45.6 Å². The summed E-state index contributed by atoms with van der Waals surface area (Å²) in [5.41, 5.74) is 0.659. The van der Waals surface area contributed by atoms with E-state index in [4.69, 9.17) is 0 Å². The van der Waals surface area contributed by atoms with Crippen LogP contribution in [0, 0.1) is 17.2 Å². The van der Waals surface area contributed by atoms with Crippen LogP contribution in [0.1, 0.15) is 25.3 Å². The van der Waals surface area contributed by atoms with E-state index in [0.29, 0.717) is 12.5 Å². The molecule has 2 aromatic rings. The van der Waals surface area contributed by atoms with Crippen LogP contribution in [0.25, 0.3) is 10.8 Å². The Labute approximate surface area is 166 Å². The van der Waals surface area contributed by atoms with Crippen LogP contribution in [-0.4, -0.2) is 54.0 Å². The van der Waals surface area contributed by atoms with Crippen LogP contribution in [0.5, 0.6) is 0 Å². The van der Waals surface area contributed by atoms with Crippen LogP contribution in [0.2, 0.25) is 0 Å². The fraction of sp³-hybridized carbons (Fsp3) is 0.478. The van der Waals surface area contributed by atoms with Crippen molar-refractivity contribution in [1.82, 2.24) is 15.1 Å². The van der Waals surface area contributed by atoms with Crippen LogP contribution in [-0.2, 0) is 11.3 Å². The molecule has 1 aliphatic heterocycles. The standard InChI is InChI=1S/C23H28N4O/c1-23(17-24,20-9-10-20)25-22(28)16-27-13-11-26(12-14-27)15-19-7-4-6-18-5-2-3-8-21(18)19/h2-8,20H,9-16H2,1H3,(H,25,28)/t23-/m1/s1. The fourth-order valence-electron chi connectivity index (χ4n) is 4.19. The summed E-state index contributed by atoms with van der Waals surface area (Å²) >= 11 is 0. The SMILES string of the molecule is C[C@](C#N)(NC(=O)CN1CCN(Cc2cccc3ccccc23)CC1)C1CC1. The lowest BCUT2D eigenvalue weighted by atomic mass is 9.98. The van der Waals surface area contributed by atoms with Crippen LogP contribution < -0.4 is 5.32 Å². The average Bonchev–Trinajstić information content (AvgIpc) is 3.55. The number of hydrogen-bond acceptors (Lipinski definition) is 4. The van der Waals surface area contributed by atoms with E-state index < -0.39 is 5.54 Å². The van der Waals surface area contributed by atoms with Crippen molar-refractivity contribution < 1.29 is 4.79 Å². The Balaban J connectivity index is 1.29. The number of amides is 1. The molecule has 4 rings (SSSR count). The van der Waals surface area contributed by atoms with Gasteiger partial charge in [-0.05, 0) is 42.0 Å². The van der Waals surface area contributed by atoms with Gasteiger partial charge in [0.15, 0.2) is 0 Å². The molecular weight excluding hydrogens is 348 g/mol. The lowest BCUT2D eigenvalue weighted by molar-refractivity contribution is -0.124. The monoisotopic (exact) mass is 376 g/mol. The minimum atomic E-state index is -0.701. The average molecular weight is 377 g/mol. The van der Waals surface area contributed by atoms with Crippen molar-refractivity contribution in [3.8, 4) is 6.07 Å². The number of nitrogens with one attached hydrogen (secondary N) is 1. The Kier molecular flexibility index (Phi) is 5.34. The first-order valence-electron chi connectivity index (χ1n) is 10.2. The van der Waals surface area contributed by atoms with Gasteiger partial charge in [0, 0.05) is 32.7 Å². The Morgan fingerprint density at radius 3 is 2.50 bits per heavy atom. The molecule has 1 aliphatic carbocycles. The van der Waals surface area contributed by atoms with E-state index in [1.807, 2.05) is 6.92 Å². The molecule has 28 heavy (non-hydrogen) atoms. The van der Waals surface area contributed by atoms with Gasteiger partial charge >= 0.3 is 0 Å². The molecule has 0 radical (unpaired) electrons. The normalized spacial score (nSPS) is 20.4. The maximum absolute atomic E-state index is 12.4. The van der Waals surface area contributed by atoms with Gasteiger partial charge in [-0.1, -0.05) is 42.5 Å². The van der Waals surface area contributed by atoms with Crippen molar-refractivity contribution in [3.05, 3.63) is 48.0 Å². The van der Waals surface area contributed by atoms with Gasteiger partial charge in [-0.15, -0.1) is 0 Å². The molecule has 1 atom stereocenters. The quantitative estimate of drug-likeness (QED) is 0.842. The molecule has 2 fully saturated rings. The Morgan fingerprint density at radius 1 is 1.11 bits per heavy atom. The zero-order chi connectivity index (χ0) is 19.6. The molecule has 0 spiro atoms. The minimum absolute atomic E-state index is 0.0292. The zero-order valence-electron chi connectivity index (χ0n) is 16.5. The molecule has 1 heterocycles. The summed E-state index contributed by atoms with van der Waals surface area (Å²) in [7, 11) is 0. The number of carbonyl (C=O) groups is 1. The highest BCUT2D eigenvalue weighted by Crippen LogP contribution is 2.39. The number of fused-ring (bicyclic) bond motifs is 1. The summed E-state index contributed by atoms with van der Waals surface area (Å²) in [6.45, 7) is 6.84. The van der Waals surface area contributed by atoms with Gasteiger partial charge in [-0.25, -0.2) is 0 Å². The number of hydrogen-bond donors (Lipinski definition) is 1. The van der Waals surface area contributed by atoms with Gasteiger partial charge < -0.3 is 5.32 Å². The number of piperazine rings is 1. The molecule has 1 saturated carbocycles. The maximum Gasteiger partial charge on any atom is 0.235 e. The highest BCUT2D eigenvalue weighted by Gasteiger charge is 2.43. The van der Waals surface area contributed by atoms with Crippen LogP contribution in [0.15, 0.2) is 42.5 Å². The molecule has 1 amide bonds. The summed E-state index contributed by atoms with van der Waals surface area (Å²) < 4.78 is 0. The van der Waals surface area contributed by atoms with Gasteiger partial charge in [0.05, 0.1) is 12.6 Å². The molecule has 5 heteroatoms. The second-order valence-corrected chi connectivity index (χ2v) is 8.33. The predicted octanol–water partition coefficient (Wildman–Crippen LogP) is 2.77. The summed E-state index contributed by atoms with van der Waals surface area (Å²) in [4.78, 5) is 17.1. The number of carbonyl (C=O) groups excluding carboxylic acids is 1. The number of rotatable bonds is 6. The van der Waals surface area contributed by atoms with Gasteiger partial charge in [0.2, 0.25) is 5.91 Å². The lowest BCUT2D eigenvalue weighted by Crippen LogP contribution is -2.53. The molecule has 5 nitrogen and oxygen atoms in total. The van der Waals surface area contributed by atoms with Gasteiger partial charge in [-0.2, -0.15) is 5.26 Å². The smallest absolute Gasteiger partial charge is 0.235 e. The van der Waals surface area contributed by atoms with Crippen molar-refractivity contribution in [2.75, 3.05) is 32.7 Å². The second-order valence-electron chi connectivity index (χ2n) is 8.33. The largest absolute Gasteiger partial charge is 0.337 e. The van der Waals surface area contributed by atoms with Crippen molar-refractivity contribution >= 4 is 16.7 Å². The van der Waals surface area contributed by atoms with Crippen LogP contribution in [0.3, 0.4) is 0 Å². The lowest BCUT2D eigenvalue weighted by Gasteiger charge is -2.35. The van der Waals surface area contributed by atoms with Crippen molar-refractivity contribution in [2.24, 2.45) is 5.92 Å². The maximum atomic E-state index is 12.4. The van der Waals surface area contributed by atoms with Crippen LogP contribution in [0.4, 0.5) is 0 Å². The van der Waals surface area contributed by atoms with Gasteiger partial charge in [0.25, 0.3) is 0 Å². The molecular formula is C23H28N4O. The Bertz CT molecular complexity index is 888. The van der Waals surface area contributed by atoms with Crippen molar-refractivity contribution in [1.29, 1.82) is 5.26 Å². The van der Waals surface area contributed by atoms with Crippen molar-refractivity contribution in [2.45, 2.75) is 31.8 Å². The highest BCUT2D eigenvalue weighted by atomic mass is 16.2. The summed E-state index contributed by atoms with van der Waals surface area (Å²) in [6, 6.07) is 17.3. The third-order valence-electron chi connectivity index (χ3n) is 6.13. The van der Waals surface area contributed by atoms with Crippen molar-refractivity contribution in [3.63, 3.8) is 0 Å². The van der Waals surface area contributed by atoms with E-state index in [1.165, 1.54) is 16.3 Å². The molecule has 1 N–H and O–H groups in total. The number of nitriles is 1. The summed E-state index contributed by atoms with van der Waals surface area (Å²) in [5.74, 6) is 0.289. The Hall–Kier alpha value is -2.42. The molecule has 146 valence electrons. The van der Waals surface area contributed by atoms with E-state index >= 15 is 0 Å². The van der Waals surface area contributed by atoms with E-state index in [2.05, 4.69) is 63.7 Å². The fourth-order valence-corrected chi connectivity index (χ4v) is 4.19. The Morgan fingerprint density at radius 2 is 1.79 bits per heavy atom. The second kappa shape index (κ2) is 7.90. The minimum Gasteiger partial charge on any atom is -0.337 e. The first-order valence-corrected chi connectivity index (χ1v) is 10.2. The molecule has 0 bridgehead atoms. The molecule has 1 saturated heterocycles. The zero-order valence-corrected chi connectivity index (χ0v) is 16.5. The highest BCUT2D eigenvalue weighted by molar-refractivity contribution is 5.85. The molecule has 2 aromatic carbocycles. The molecule has 2 aliphatic rings. The van der Waals surface area contributed by atoms with Gasteiger partial charge in [0.1, 0.15) is 5.54 Å². The summed E-state index contributed by atoms with van der Waals surface area (Å²) in [5, 5.41) is 15.0. The van der Waals surface area contributed by atoms with Crippen LogP contribution >= 0.6 is 0 Å². The van der Waals surface area contributed by atoms with E-state index in [1.54, 1.807) is 0 Å².